The SMILES string of the molecule is CCC1=C([N+]2(C)C=C2C)NC(=[NH+]C)[NH+](C)C1=O. The molecule has 0 saturated carbocycles. The van der Waals surface area contributed by atoms with Gasteiger partial charge in [-0.1, -0.05) is 6.92 Å². The number of amides is 1. The molecule has 5 nitrogen and oxygen atoms in total. The molecule has 2 aliphatic rings. The lowest BCUT2D eigenvalue weighted by atomic mass is 10.1. The first-order chi connectivity index (χ1) is 7.95. The molecule has 0 fully saturated rings. The summed E-state index contributed by atoms with van der Waals surface area (Å²) in [4.78, 5) is 16.1. The third-order valence-electron chi connectivity index (χ3n) is 3.70. The summed E-state index contributed by atoms with van der Waals surface area (Å²) in [5.41, 5.74) is 2.15. The Bertz CT molecular complexity index is 475. The molecule has 1 amide bonds. The third-order valence-corrected chi connectivity index (χ3v) is 3.70. The van der Waals surface area contributed by atoms with Crippen LogP contribution in [0.1, 0.15) is 20.3 Å². The topological polar surface area (TPSA) is 47.5 Å². The molecule has 5 heteroatoms. The number of hydrogen-bond donors (Lipinski definition) is 3. The number of hydrogen-bond acceptors (Lipinski definition) is 1. The fourth-order valence-corrected chi connectivity index (χ4v) is 2.30. The number of nitrogens with one attached hydrogen (secondary N) is 3. The van der Waals surface area contributed by atoms with Crippen LogP contribution in [-0.2, 0) is 4.79 Å². The van der Waals surface area contributed by atoms with Crippen LogP contribution in [0.4, 0.5) is 0 Å². The maximum Gasteiger partial charge on any atom is 0.456 e. The minimum Gasteiger partial charge on any atom is -0.228 e. The normalized spacial score (nSPS) is 34.9. The standard InChI is InChI=1S/C12H18N4O/c1-6-9-10(16(5)7-8(16)2)14-12(13-3)15(4)11(9)17/h7H,6H2,1-5H3/p+3. The Balaban J connectivity index is 2.46. The molecule has 3 N–H and O–H groups in total. The van der Waals surface area contributed by atoms with E-state index in [9.17, 15) is 4.79 Å². The first-order valence-electron chi connectivity index (χ1n) is 5.96. The van der Waals surface area contributed by atoms with E-state index < -0.39 is 0 Å². The zero-order chi connectivity index (χ0) is 12.8. The van der Waals surface area contributed by atoms with Gasteiger partial charge in [-0.15, -0.1) is 5.32 Å². The van der Waals surface area contributed by atoms with Crippen LogP contribution in [0.5, 0.6) is 0 Å². The lowest BCUT2D eigenvalue weighted by Gasteiger charge is -2.22. The Labute approximate surface area is 102 Å². The van der Waals surface area contributed by atoms with Crippen LogP contribution in [0.3, 0.4) is 0 Å². The molecule has 2 aliphatic heterocycles. The molecule has 0 radical (unpaired) electrons. The summed E-state index contributed by atoms with van der Waals surface area (Å²) in [5, 5.41) is 3.36. The Hall–Kier alpha value is -1.46. The molecule has 0 aromatic carbocycles. The van der Waals surface area contributed by atoms with Crippen molar-refractivity contribution >= 4 is 11.9 Å². The average Bonchev–Trinajstić information content (AvgIpc) is 2.91. The van der Waals surface area contributed by atoms with Gasteiger partial charge in [0.25, 0.3) is 0 Å². The first kappa shape index (κ1) is 12.0. The maximum absolute atomic E-state index is 12.3. The van der Waals surface area contributed by atoms with Crippen molar-refractivity contribution in [3.05, 3.63) is 23.3 Å². The van der Waals surface area contributed by atoms with Crippen LogP contribution in [0.25, 0.3) is 0 Å². The number of guanidine groups is 1. The molecule has 2 unspecified atom stereocenters. The van der Waals surface area contributed by atoms with Gasteiger partial charge in [-0.05, 0) is 6.42 Å². The van der Waals surface area contributed by atoms with Crippen molar-refractivity contribution in [1.82, 2.24) is 5.32 Å². The number of allylic oxidation sites excluding steroid dienone is 1. The van der Waals surface area contributed by atoms with Crippen LogP contribution in [-0.4, -0.2) is 37.5 Å². The molecule has 0 aliphatic carbocycles. The van der Waals surface area contributed by atoms with Crippen molar-refractivity contribution in [2.45, 2.75) is 20.3 Å². The van der Waals surface area contributed by atoms with Gasteiger partial charge in [-0.25, -0.2) is 9.79 Å². The van der Waals surface area contributed by atoms with Gasteiger partial charge in [0.15, 0.2) is 17.5 Å². The summed E-state index contributed by atoms with van der Waals surface area (Å²) in [6.45, 7) is 4.11. The van der Waals surface area contributed by atoms with Crippen molar-refractivity contribution in [2.24, 2.45) is 0 Å². The zero-order valence-electron chi connectivity index (χ0n) is 11.1. The second kappa shape index (κ2) is 3.78. The maximum atomic E-state index is 12.3. The van der Waals surface area contributed by atoms with Crippen molar-refractivity contribution < 1.29 is 19.2 Å². The zero-order valence-corrected chi connectivity index (χ0v) is 11.1. The number of carbonyl (C=O) groups excluding carboxylic acids is 1. The van der Waals surface area contributed by atoms with Crippen LogP contribution in [0.2, 0.25) is 0 Å². The predicted octanol–water partition coefficient (Wildman–Crippen LogP) is -2.36. The predicted molar refractivity (Wildman–Crippen MR) is 64.2 cm³/mol. The quantitative estimate of drug-likeness (QED) is 0.471. The van der Waals surface area contributed by atoms with Crippen molar-refractivity contribution in [3.8, 4) is 0 Å². The van der Waals surface area contributed by atoms with E-state index >= 15 is 0 Å². The Morgan fingerprint density at radius 1 is 1.53 bits per heavy atom. The summed E-state index contributed by atoms with van der Waals surface area (Å²) in [7, 11) is 5.78. The average molecular weight is 237 g/mol. The molecule has 0 aromatic rings. The summed E-state index contributed by atoms with van der Waals surface area (Å²) < 4.78 is 0.646. The second-order valence-corrected chi connectivity index (χ2v) is 4.73. The highest BCUT2D eigenvalue weighted by Crippen LogP contribution is 2.37. The molecular weight excluding hydrogens is 216 g/mol. The van der Waals surface area contributed by atoms with Gasteiger partial charge in [0, 0.05) is 6.92 Å². The van der Waals surface area contributed by atoms with E-state index in [1.807, 2.05) is 21.0 Å². The van der Waals surface area contributed by atoms with Crippen LogP contribution in [0.15, 0.2) is 23.3 Å². The molecule has 2 atom stereocenters. The second-order valence-electron chi connectivity index (χ2n) is 4.73. The van der Waals surface area contributed by atoms with Crippen LogP contribution >= 0.6 is 0 Å². The molecule has 0 bridgehead atoms. The lowest BCUT2D eigenvalue weighted by molar-refractivity contribution is -0.748. The fraction of sp³-hybridized carbons (Fsp3) is 0.500. The number of quaternary nitrogens is 2. The Morgan fingerprint density at radius 3 is 2.53 bits per heavy atom. The van der Waals surface area contributed by atoms with Gasteiger partial charge in [0.1, 0.15) is 0 Å². The number of nitrogens with zero attached hydrogens (tertiary/aromatic N) is 1. The largest absolute Gasteiger partial charge is 0.456 e. The number of carbonyl (C=O) groups is 1. The molecule has 17 heavy (non-hydrogen) atoms. The molecule has 2 heterocycles. The molecule has 0 aromatic heterocycles. The van der Waals surface area contributed by atoms with E-state index in [1.54, 1.807) is 0 Å². The van der Waals surface area contributed by atoms with Crippen molar-refractivity contribution in [2.75, 3.05) is 21.1 Å². The fourth-order valence-electron chi connectivity index (χ4n) is 2.30. The summed E-state index contributed by atoms with van der Waals surface area (Å²) in [6.07, 6.45) is 2.89. The number of rotatable bonds is 2. The Morgan fingerprint density at radius 2 is 2.12 bits per heavy atom. The van der Waals surface area contributed by atoms with E-state index in [0.29, 0.717) is 4.48 Å². The third kappa shape index (κ3) is 1.62. The summed E-state index contributed by atoms with van der Waals surface area (Å²) in [6, 6.07) is 0. The minimum atomic E-state index is 0.151. The summed E-state index contributed by atoms with van der Waals surface area (Å²) in [5.74, 6) is 1.96. The van der Waals surface area contributed by atoms with Crippen LogP contribution < -0.4 is 15.2 Å². The van der Waals surface area contributed by atoms with E-state index in [-0.39, 0.29) is 5.91 Å². The van der Waals surface area contributed by atoms with Crippen molar-refractivity contribution in [1.29, 1.82) is 0 Å². The van der Waals surface area contributed by atoms with E-state index in [1.165, 1.54) is 5.70 Å². The van der Waals surface area contributed by atoms with Crippen molar-refractivity contribution in [3.63, 3.8) is 0 Å². The number of likely N-dealkylation sites (N-methyl/N-ethyl adjacent to an activating group) is 1. The van der Waals surface area contributed by atoms with Gasteiger partial charge in [-0.3, -0.25) is 0 Å². The summed E-state index contributed by atoms with van der Waals surface area (Å²) >= 11 is 0. The minimum absolute atomic E-state index is 0.151. The molecule has 0 spiro atoms. The highest BCUT2D eigenvalue weighted by Gasteiger charge is 2.53. The molecule has 2 rings (SSSR count). The first-order valence-corrected chi connectivity index (χ1v) is 5.96. The van der Waals surface area contributed by atoms with Gasteiger partial charge in [0.2, 0.25) is 0 Å². The van der Waals surface area contributed by atoms with E-state index in [4.69, 9.17) is 0 Å². The monoisotopic (exact) mass is 237 g/mol. The molecule has 0 saturated heterocycles. The van der Waals surface area contributed by atoms with E-state index in [2.05, 4.69) is 30.5 Å². The Kier molecular flexibility index (Phi) is 2.67. The van der Waals surface area contributed by atoms with E-state index in [0.717, 1.165) is 28.7 Å². The van der Waals surface area contributed by atoms with Gasteiger partial charge >= 0.3 is 17.7 Å². The molecule has 92 valence electrons. The highest BCUT2D eigenvalue weighted by molar-refractivity contribution is 5.95. The lowest BCUT2D eigenvalue weighted by Crippen LogP contribution is -3.22. The van der Waals surface area contributed by atoms with Gasteiger partial charge < -0.3 is 0 Å². The molecular formula is C12H21N4O+3. The highest BCUT2D eigenvalue weighted by atomic mass is 16.2. The van der Waals surface area contributed by atoms with Gasteiger partial charge in [0.05, 0.1) is 21.1 Å². The van der Waals surface area contributed by atoms with Gasteiger partial charge in [-0.2, -0.15) is 9.38 Å². The smallest absolute Gasteiger partial charge is 0.228 e. The van der Waals surface area contributed by atoms with Crippen LogP contribution in [0, 0.1) is 0 Å².